The van der Waals surface area contributed by atoms with E-state index >= 15 is 0 Å². The highest BCUT2D eigenvalue weighted by atomic mass is 16.4. The van der Waals surface area contributed by atoms with Gasteiger partial charge in [-0.15, -0.1) is 10.2 Å². The third-order valence-electron chi connectivity index (χ3n) is 2.26. The molecule has 2 heterocycles. The molecule has 2 rings (SSSR count). The van der Waals surface area contributed by atoms with Gasteiger partial charge in [-0.1, -0.05) is 6.07 Å². The lowest BCUT2D eigenvalue weighted by atomic mass is 10.3. The molecule has 2 aromatic heterocycles. The number of nitrogens with zero attached hydrogens (tertiary/aromatic N) is 3. The molecule has 0 amide bonds. The molecule has 1 N–H and O–H groups in total. The Hall–Kier alpha value is -1.91. The lowest BCUT2D eigenvalue weighted by Crippen LogP contribution is -2.01. The second kappa shape index (κ2) is 3.68. The second-order valence-electron chi connectivity index (χ2n) is 3.39. The third-order valence-corrected chi connectivity index (χ3v) is 2.26. The summed E-state index contributed by atoms with van der Waals surface area (Å²) in [7, 11) is 0. The SMILES string of the molecule is Cc1cccn2c(CCC(=O)O)nnc12. The minimum absolute atomic E-state index is 0.0781. The molecule has 0 aliphatic carbocycles. The van der Waals surface area contributed by atoms with Gasteiger partial charge in [0, 0.05) is 12.6 Å². The number of rotatable bonds is 3. The predicted molar refractivity (Wildman–Crippen MR) is 53.7 cm³/mol. The molecule has 0 saturated heterocycles. The van der Waals surface area contributed by atoms with E-state index in [1.807, 2.05) is 29.7 Å². The number of aliphatic carboxylic acids is 1. The molecule has 5 nitrogen and oxygen atoms in total. The molecule has 0 bridgehead atoms. The van der Waals surface area contributed by atoms with Crippen molar-refractivity contribution in [2.75, 3.05) is 0 Å². The fourth-order valence-electron chi connectivity index (χ4n) is 1.49. The summed E-state index contributed by atoms with van der Waals surface area (Å²) in [5, 5.41) is 16.6. The molecule has 0 aliphatic rings. The van der Waals surface area contributed by atoms with Crippen LogP contribution in [0.4, 0.5) is 0 Å². The van der Waals surface area contributed by atoms with E-state index < -0.39 is 5.97 Å². The van der Waals surface area contributed by atoms with Crippen LogP contribution in [-0.2, 0) is 11.2 Å². The highest BCUT2D eigenvalue weighted by Gasteiger charge is 2.08. The molecule has 0 aromatic carbocycles. The van der Waals surface area contributed by atoms with Crippen LogP contribution in [0.3, 0.4) is 0 Å². The van der Waals surface area contributed by atoms with Gasteiger partial charge in [0.2, 0.25) is 0 Å². The van der Waals surface area contributed by atoms with Gasteiger partial charge in [-0.2, -0.15) is 0 Å². The van der Waals surface area contributed by atoms with Crippen molar-refractivity contribution in [1.82, 2.24) is 14.6 Å². The summed E-state index contributed by atoms with van der Waals surface area (Å²) in [6, 6.07) is 3.85. The zero-order valence-electron chi connectivity index (χ0n) is 8.34. The van der Waals surface area contributed by atoms with Crippen LogP contribution in [0.5, 0.6) is 0 Å². The van der Waals surface area contributed by atoms with E-state index in [4.69, 9.17) is 5.11 Å². The lowest BCUT2D eigenvalue weighted by Gasteiger charge is -1.98. The normalized spacial score (nSPS) is 10.7. The molecule has 0 spiro atoms. The number of carboxylic acid groups (broad SMARTS) is 1. The summed E-state index contributed by atoms with van der Waals surface area (Å²) in [5.41, 5.74) is 1.82. The fourth-order valence-corrected chi connectivity index (χ4v) is 1.49. The van der Waals surface area contributed by atoms with Gasteiger partial charge in [0.1, 0.15) is 5.82 Å². The van der Waals surface area contributed by atoms with Crippen molar-refractivity contribution in [1.29, 1.82) is 0 Å². The first-order chi connectivity index (χ1) is 7.18. The Kier molecular flexibility index (Phi) is 2.37. The standard InChI is InChI=1S/C10H11N3O2/c1-7-3-2-6-13-8(4-5-9(14)15)11-12-10(7)13/h2-3,6H,4-5H2,1H3,(H,14,15). The number of pyridine rings is 1. The van der Waals surface area contributed by atoms with Gasteiger partial charge < -0.3 is 5.11 Å². The predicted octanol–water partition coefficient (Wildman–Crippen LogP) is 1.05. The monoisotopic (exact) mass is 205 g/mol. The quantitative estimate of drug-likeness (QED) is 0.813. The molecular weight excluding hydrogens is 194 g/mol. The van der Waals surface area contributed by atoms with Crippen LogP contribution in [0.15, 0.2) is 18.3 Å². The summed E-state index contributed by atoms with van der Waals surface area (Å²) in [5.74, 6) is -0.129. The van der Waals surface area contributed by atoms with Crippen molar-refractivity contribution < 1.29 is 9.90 Å². The van der Waals surface area contributed by atoms with Crippen molar-refractivity contribution in [3.05, 3.63) is 29.7 Å². The van der Waals surface area contributed by atoms with Gasteiger partial charge in [0.05, 0.1) is 6.42 Å². The van der Waals surface area contributed by atoms with E-state index in [2.05, 4.69) is 10.2 Å². The lowest BCUT2D eigenvalue weighted by molar-refractivity contribution is -0.137. The van der Waals surface area contributed by atoms with Crippen molar-refractivity contribution >= 4 is 11.6 Å². The molecule has 0 unspecified atom stereocenters. The Morgan fingerprint density at radius 3 is 3.07 bits per heavy atom. The van der Waals surface area contributed by atoms with Gasteiger partial charge in [-0.25, -0.2) is 0 Å². The molecule has 0 saturated carbocycles. The van der Waals surface area contributed by atoms with Gasteiger partial charge in [-0.3, -0.25) is 9.20 Å². The zero-order chi connectivity index (χ0) is 10.8. The van der Waals surface area contributed by atoms with E-state index in [0.29, 0.717) is 12.2 Å². The van der Waals surface area contributed by atoms with Gasteiger partial charge >= 0.3 is 5.97 Å². The van der Waals surface area contributed by atoms with Crippen molar-refractivity contribution in [3.8, 4) is 0 Å². The maximum atomic E-state index is 10.4. The average Bonchev–Trinajstić information content (AvgIpc) is 2.59. The molecule has 0 atom stereocenters. The van der Waals surface area contributed by atoms with Crippen LogP contribution >= 0.6 is 0 Å². The number of fused-ring (bicyclic) bond motifs is 1. The molecule has 2 aromatic rings. The summed E-state index contributed by atoms with van der Waals surface area (Å²) in [6.07, 6.45) is 2.33. The van der Waals surface area contributed by atoms with Crippen molar-refractivity contribution in [2.24, 2.45) is 0 Å². The molecule has 5 heteroatoms. The summed E-state index contributed by atoms with van der Waals surface area (Å²) in [6.45, 7) is 1.95. The van der Waals surface area contributed by atoms with Gasteiger partial charge in [-0.05, 0) is 18.6 Å². The van der Waals surface area contributed by atoms with Gasteiger partial charge in [0.15, 0.2) is 5.65 Å². The van der Waals surface area contributed by atoms with Crippen LogP contribution in [0.25, 0.3) is 5.65 Å². The van der Waals surface area contributed by atoms with Crippen molar-refractivity contribution in [3.63, 3.8) is 0 Å². The number of aromatic nitrogens is 3. The van der Waals surface area contributed by atoms with E-state index in [1.54, 1.807) is 0 Å². The first-order valence-electron chi connectivity index (χ1n) is 4.69. The average molecular weight is 205 g/mol. The maximum Gasteiger partial charge on any atom is 0.303 e. The molecule has 0 radical (unpaired) electrons. The molecule has 0 fully saturated rings. The summed E-state index contributed by atoms with van der Waals surface area (Å²) < 4.78 is 1.83. The fraction of sp³-hybridized carbons (Fsp3) is 0.300. The number of aryl methyl sites for hydroxylation is 2. The number of hydrogen-bond donors (Lipinski definition) is 1. The van der Waals surface area contributed by atoms with E-state index in [0.717, 1.165) is 11.2 Å². The maximum absolute atomic E-state index is 10.4. The molecule has 15 heavy (non-hydrogen) atoms. The topological polar surface area (TPSA) is 67.5 Å². The number of hydrogen-bond acceptors (Lipinski definition) is 3. The van der Waals surface area contributed by atoms with Crippen LogP contribution < -0.4 is 0 Å². The van der Waals surface area contributed by atoms with Crippen LogP contribution in [0, 0.1) is 6.92 Å². The highest BCUT2D eigenvalue weighted by Crippen LogP contribution is 2.09. The molecular formula is C10H11N3O2. The number of carbonyl (C=O) groups is 1. The van der Waals surface area contributed by atoms with Crippen LogP contribution in [-0.4, -0.2) is 25.7 Å². The van der Waals surface area contributed by atoms with Crippen LogP contribution in [0.2, 0.25) is 0 Å². The second-order valence-corrected chi connectivity index (χ2v) is 3.39. The largest absolute Gasteiger partial charge is 0.481 e. The van der Waals surface area contributed by atoms with Crippen LogP contribution in [0.1, 0.15) is 17.8 Å². The summed E-state index contributed by atoms with van der Waals surface area (Å²) >= 11 is 0. The van der Waals surface area contributed by atoms with E-state index in [9.17, 15) is 4.79 Å². The Morgan fingerprint density at radius 2 is 2.33 bits per heavy atom. The van der Waals surface area contributed by atoms with E-state index in [1.165, 1.54) is 0 Å². The zero-order valence-corrected chi connectivity index (χ0v) is 8.34. The van der Waals surface area contributed by atoms with Crippen molar-refractivity contribution in [2.45, 2.75) is 19.8 Å². The van der Waals surface area contributed by atoms with Gasteiger partial charge in [0.25, 0.3) is 0 Å². The Morgan fingerprint density at radius 1 is 1.53 bits per heavy atom. The third kappa shape index (κ3) is 1.81. The number of carboxylic acids is 1. The smallest absolute Gasteiger partial charge is 0.303 e. The molecule has 0 aliphatic heterocycles. The Bertz CT molecular complexity index is 504. The molecule has 78 valence electrons. The first-order valence-corrected chi connectivity index (χ1v) is 4.69. The van der Waals surface area contributed by atoms with E-state index in [-0.39, 0.29) is 6.42 Å². The minimum Gasteiger partial charge on any atom is -0.481 e. The highest BCUT2D eigenvalue weighted by molar-refractivity contribution is 5.66. The Labute approximate surface area is 86.4 Å². The first kappa shape index (κ1) is 9.64. The Balaban J connectivity index is 2.37. The minimum atomic E-state index is -0.820. The summed E-state index contributed by atoms with van der Waals surface area (Å²) in [4.78, 5) is 10.4.